The first-order chi connectivity index (χ1) is 11.9. The van der Waals surface area contributed by atoms with E-state index in [1.54, 1.807) is 0 Å². The van der Waals surface area contributed by atoms with Crippen molar-refractivity contribution in [2.45, 2.75) is 56.2 Å². The number of Topliss-reactive ketones (excluding diaryl/α,β-unsaturated/α-hetero) is 1. The lowest BCUT2D eigenvalue weighted by Crippen LogP contribution is -2.72. The first-order valence-electron chi connectivity index (χ1n) is 7.63. The van der Waals surface area contributed by atoms with Crippen molar-refractivity contribution in [1.29, 1.82) is 0 Å². The van der Waals surface area contributed by atoms with Gasteiger partial charge in [-0.2, -0.15) is 0 Å². The molecule has 1 saturated heterocycles. The number of carboxylic acid groups (broad SMARTS) is 1. The molecule has 0 amide bonds. The number of carboxylic acids is 1. The third kappa shape index (κ3) is 4.17. The summed E-state index contributed by atoms with van der Waals surface area (Å²) in [7, 11) is 0. The number of aliphatic hydroxyl groups is 5. The Morgan fingerprint density at radius 2 is 1.81 bits per heavy atom. The minimum atomic E-state index is -3.24. The maximum atomic E-state index is 11.9. The van der Waals surface area contributed by atoms with E-state index in [1.165, 1.54) is 0 Å². The van der Waals surface area contributed by atoms with Crippen molar-refractivity contribution in [3.8, 4) is 0 Å². The van der Waals surface area contributed by atoms with Crippen molar-refractivity contribution in [3.63, 3.8) is 0 Å². The Morgan fingerprint density at radius 3 is 2.19 bits per heavy atom. The van der Waals surface area contributed by atoms with Gasteiger partial charge in [0.05, 0.1) is 12.6 Å². The first kappa shape index (κ1) is 22.4. The fraction of sp³-hybridized carbons (Fsp3) is 0.786. The summed E-state index contributed by atoms with van der Waals surface area (Å²) in [6.45, 7) is 0.992. The van der Waals surface area contributed by atoms with Crippen molar-refractivity contribution in [2.75, 3.05) is 6.61 Å². The van der Waals surface area contributed by atoms with Gasteiger partial charge in [0.1, 0.15) is 42.2 Å². The summed E-state index contributed by atoms with van der Waals surface area (Å²) in [6, 6.07) is -1.58. The fourth-order valence-corrected chi connectivity index (χ4v) is 2.68. The fourth-order valence-electron chi connectivity index (χ4n) is 2.68. The molecule has 1 heterocycles. The van der Waals surface area contributed by atoms with Gasteiger partial charge in [0.2, 0.25) is 0 Å². The van der Waals surface area contributed by atoms with Gasteiger partial charge in [0.15, 0.2) is 0 Å². The zero-order chi connectivity index (χ0) is 20.4. The SMILES string of the molecule is CC(=O)C1[C@H](OC(=O)C(C)O)[C@@H](N)[C@H]([C@H](O)[C@H](O)CO)OC1(O)C(=O)O. The molecule has 12 heteroatoms. The van der Waals surface area contributed by atoms with E-state index in [4.69, 9.17) is 20.3 Å². The van der Waals surface area contributed by atoms with E-state index in [9.17, 15) is 39.9 Å². The van der Waals surface area contributed by atoms with E-state index in [2.05, 4.69) is 0 Å². The number of carbonyl (C=O) groups excluding carboxylic acids is 2. The van der Waals surface area contributed by atoms with Gasteiger partial charge in [-0.1, -0.05) is 0 Å². The van der Waals surface area contributed by atoms with Gasteiger partial charge in [-0.25, -0.2) is 9.59 Å². The topological polar surface area (TPSA) is 217 Å². The Labute approximate surface area is 147 Å². The summed E-state index contributed by atoms with van der Waals surface area (Å²) in [5.74, 6) is -9.47. The minimum absolute atomic E-state index is 0.900. The van der Waals surface area contributed by atoms with Crippen LogP contribution in [-0.4, -0.2) is 97.3 Å². The van der Waals surface area contributed by atoms with Crippen LogP contribution < -0.4 is 5.73 Å². The standard InChI is InChI=1S/C14H23NO11/c1-4(17)7-10(25-12(21)5(2)18)8(15)11(9(20)6(19)3-16)26-14(7,24)13(22)23/h5-11,16,18-20,24H,3,15H2,1-2H3,(H,22,23)/t5?,6-,7?,8-,9-,10+,11-,14?/m1/s1. The van der Waals surface area contributed by atoms with E-state index in [1.807, 2.05) is 0 Å². The molecule has 0 bridgehead atoms. The number of carbonyl (C=O) groups is 3. The van der Waals surface area contributed by atoms with Crippen molar-refractivity contribution < 1.29 is 54.5 Å². The molecule has 150 valence electrons. The van der Waals surface area contributed by atoms with Crippen LogP contribution in [0, 0.1) is 5.92 Å². The zero-order valence-electron chi connectivity index (χ0n) is 14.1. The first-order valence-corrected chi connectivity index (χ1v) is 7.63. The third-order valence-electron chi connectivity index (χ3n) is 4.08. The summed E-state index contributed by atoms with van der Waals surface area (Å²) in [5.41, 5.74) is 5.82. The molecule has 1 aliphatic heterocycles. The lowest BCUT2D eigenvalue weighted by molar-refractivity contribution is -0.313. The molecular formula is C14H23NO11. The predicted molar refractivity (Wildman–Crippen MR) is 80.3 cm³/mol. The Kier molecular flexibility index (Phi) is 7.18. The monoisotopic (exact) mass is 381 g/mol. The molecule has 0 aliphatic carbocycles. The Bertz CT molecular complexity index is 553. The van der Waals surface area contributed by atoms with Crippen LogP contribution in [0.3, 0.4) is 0 Å². The highest BCUT2D eigenvalue weighted by Crippen LogP contribution is 2.37. The Morgan fingerprint density at radius 1 is 1.27 bits per heavy atom. The number of hydrogen-bond acceptors (Lipinski definition) is 11. The predicted octanol–water partition coefficient (Wildman–Crippen LogP) is -4.30. The Balaban J connectivity index is 3.40. The Hall–Kier alpha value is -1.67. The van der Waals surface area contributed by atoms with Crippen LogP contribution >= 0.6 is 0 Å². The molecular weight excluding hydrogens is 358 g/mol. The zero-order valence-corrected chi connectivity index (χ0v) is 14.1. The molecule has 0 radical (unpaired) electrons. The molecule has 0 saturated carbocycles. The molecule has 8 atom stereocenters. The lowest BCUT2D eigenvalue weighted by atomic mass is 9.78. The maximum Gasteiger partial charge on any atom is 0.365 e. The largest absolute Gasteiger partial charge is 0.477 e. The van der Waals surface area contributed by atoms with Gasteiger partial charge in [0.25, 0.3) is 5.79 Å². The summed E-state index contributed by atoms with van der Waals surface area (Å²) in [4.78, 5) is 35.2. The van der Waals surface area contributed by atoms with E-state index in [0.717, 1.165) is 13.8 Å². The average Bonchev–Trinajstić information content (AvgIpc) is 2.55. The number of rotatable bonds is 7. The van der Waals surface area contributed by atoms with Crippen LogP contribution in [0.5, 0.6) is 0 Å². The normalized spacial score (nSPS) is 35.2. The van der Waals surface area contributed by atoms with Crippen molar-refractivity contribution in [1.82, 2.24) is 0 Å². The van der Waals surface area contributed by atoms with Crippen molar-refractivity contribution in [2.24, 2.45) is 11.7 Å². The molecule has 0 aromatic heterocycles. The number of ketones is 1. The quantitative estimate of drug-likeness (QED) is 0.208. The molecule has 0 spiro atoms. The van der Waals surface area contributed by atoms with Crippen molar-refractivity contribution in [3.05, 3.63) is 0 Å². The highest BCUT2D eigenvalue weighted by molar-refractivity contribution is 5.89. The lowest BCUT2D eigenvalue weighted by Gasteiger charge is -2.48. The second kappa shape index (κ2) is 8.35. The second-order valence-corrected chi connectivity index (χ2v) is 6.07. The maximum absolute atomic E-state index is 11.9. The van der Waals surface area contributed by atoms with Crippen LogP contribution in [0.4, 0.5) is 0 Å². The van der Waals surface area contributed by atoms with Crippen LogP contribution in [0.25, 0.3) is 0 Å². The summed E-state index contributed by atoms with van der Waals surface area (Å²) < 4.78 is 9.80. The average molecular weight is 381 g/mol. The van der Waals surface area contributed by atoms with Crippen LogP contribution in [0.2, 0.25) is 0 Å². The number of hydrogen-bond donors (Lipinski definition) is 7. The van der Waals surface area contributed by atoms with Gasteiger partial charge < -0.3 is 45.8 Å². The van der Waals surface area contributed by atoms with E-state index in [-0.39, 0.29) is 0 Å². The van der Waals surface area contributed by atoms with Crippen LogP contribution in [0.15, 0.2) is 0 Å². The minimum Gasteiger partial charge on any atom is -0.477 e. The number of ether oxygens (including phenoxy) is 2. The highest BCUT2D eigenvalue weighted by Gasteiger charge is 2.62. The van der Waals surface area contributed by atoms with Gasteiger partial charge >= 0.3 is 11.9 Å². The molecule has 0 aromatic carbocycles. The molecule has 0 aromatic rings. The second-order valence-electron chi connectivity index (χ2n) is 6.07. The van der Waals surface area contributed by atoms with Gasteiger partial charge in [-0.15, -0.1) is 0 Å². The van der Waals surface area contributed by atoms with Gasteiger partial charge in [-0.3, -0.25) is 4.79 Å². The number of esters is 1. The highest BCUT2D eigenvalue weighted by atomic mass is 16.7. The molecule has 1 fully saturated rings. The third-order valence-corrected chi connectivity index (χ3v) is 4.08. The summed E-state index contributed by atoms with van der Waals surface area (Å²) in [5, 5.41) is 57.5. The van der Waals surface area contributed by atoms with Crippen LogP contribution in [0.1, 0.15) is 13.8 Å². The molecule has 3 unspecified atom stereocenters. The number of nitrogens with two attached hydrogens (primary N) is 1. The van der Waals surface area contributed by atoms with E-state index >= 15 is 0 Å². The summed E-state index contributed by atoms with van der Waals surface area (Å²) in [6.07, 6.45) is -9.11. The molecule has 26 heavy (non-hydrogen) atoms. The van der Waals surface area contributed by atoms with Crippen LogP contribution in [-0.2, 0) is 23.9 Å². The number of aliphatic hydroxyl groups excluding tert-OH is 4. The summed E-state index contributed by atoms with van der Waals surface area (Å²) >= 11 is 0. The number of aliphatic carboxylic acids is 1. The molecule has 1 aliphatic rings. The van der Waals surface area contributed by atoms with Crippen molar-refractivity contribution >= 4 is 17.7 Å². The van der Waals surface area contributed by atoms with E-state index in [0.29, 0.717) is 0 Å². The van der Waals surface area contributed by atoms with Gasteiger partial charge in [-0.05, 0) is 13.8 Å². The smallest absolute Gasteiger partial charge is 0.365 e. The van der Waals surface area contributed by atoms with E-state index < -0.39 is 72.6 Å². The molecule has 1 rings (SSSR count). The molecule has 8 N–H and O–H groups in total. The van der Waals surface area contributed by atoms with Gasteiger partial charge in [0, 0.05) is 0 Å². The molecule has 12 nitrogen and oxygen atoms in total.